The van der Waals surface area contributed by atoms with Gasteiger partial charge in [0.1, 0.15) is 5.29 Å². The second-order valence-electron chi connectivity index (χ2n) is 2.10. The summed E-state index contributed by atoms with van der Waals surface area (Å²) in [6.45, 7) is 8.22. The van der Waals surface area contributed by atoms with E-state index in [-0.39, 0.29) is 7.55 Å². The smallest absolute Gasteiger partial charge is 0.137 e. The van der Waals surface area contributed by atoms with Crippen LogP contribution in [0, 0.1) is 5.41 Å². The van der Waals surface area contributed by atoms with Crippen LogP contribution in [0.5, 0.6) is 0 Å². The van der Waals surface area contributed by atoms with Crippen molar-refractivity contribution in [3.8, 4) is 0 Å². The third kappa shape index (κ3) is 2.23. The highest BCUT2D eigenvalue weighted by Crippen LogP contribution is 2.12. The van der Waals surface area contributed by atoms with E-state index in [1.807, 2.05) is 13.8 Å². The molecule has 0 atom stereocenters. The Labute approximate surface area is 52.0 Å². The average molecular weight is 130 g/mol. The third-order valence-corrected chi connectivity index (χ3v) is 2.89. The first-order chi connectivity index (χ1) is 3.55. The first kappa shape index (κ1) is 7.84. The molecule has 0 aliphatic carbocycles. The van der Waals surface area contributed by atoms with Crippen LogP contribution < -0.4 is 0 Å². The maximum Gasteiger partial charge on any atom is 0.137 e. The highest BCUT2D eigenvalue weighted by molar-refractivity contribution is 7.59. The minimum absolute atomic E-state index is 0.00900. The molecule has 0 aromatic rings. The van der Waals surface area contributed by atoms with Crippen molar-refractivity contribution in [3.63, 3.8) is 0 Å². The van der Waals surface area contributed by atoms with Gasteiger partial charge in [0, 0.05) is 6.92 Å². The van der Waals surface area contributed by atoms with Crippen LogP contribution in [0.15, 0.2) is 0 Å². The molecule has 1 N–H and O–H groups in total. The SMILES string of the molecule is CC(=N)C(C)=[P+](C)C. The molecule has 0 aliphatic rings. The van der Waals surface area contributed by atoms with Gasteiger partial charge in [-0.05, 0) is 6.92 Å². The second kappa shape index (κ2) is 2.99. The fourth-order valence-electron chi connectivity index (χ4n) is 0.335. The summed E-state index contributed by atoms with van der Waals surface area (Å²) in [6.07, 6.45) is 0. The molecule has 0 rings (SSSR count). The topological polar surface area (TPSA) is 23.9 Å². The van der Waals surface area contributed by atoms with E-state index in [9.17, 15) is 0 Å². The molecule has 0 saturated heterocycles. The third-order valence-electron chi connectivity index (χ3n) is 1.21. The van der Waals surface area contributed by atoms with E-state index in [0.29, 0.717) is 0 Å². The van der Waals surface area contributed by atoms with Gasteiger partial charge in [0.05, 0.1) is 26.6 Å². The van der Waals surface area contributed by atoms with Crippen molar-refractivity contribution in [2.75, 3.05) is 13.3 Å². The van der Waals surface area contributed by atoms with Gasteiger partial charge in [-0.25, -0.2) is 0 Å². The Morgan fingerprint density at radius 3 is 1.62 bits per heavy atom. The lowest BCUT2D eigenvalue weighted by Crippen LogP contribution is -2.00. The first-order valence-electron chi connectivity index (χ1n) is 2.62. The van der Waals surface area contributed by atoms with Crippen molar-refractivity contribution in [2.45, 2.75) is 13.8 Å². The molecule has 2 heteroatoms. The molecule has 0 spiro atoms. The van der Waals surface area contributed by atoms with Crippen LogP contribution in [0.2, 0.25) is 0 Å². The molecule has 0 heterocycles. The average Bonchev–Trinajstić information content (AvgIpc) is 1.64. The molecule has 0 aromatic carbocycles. The van der Waals surface area contributed by atoms with Crippen LogP contribution in [-0.4, -0.2) is 24.3 Å². The normalized spacial score (nSPS) is 8.50. The van der Waals surface area contributed by atoms with Crippen molar-refractivity contribution in [3.05, 3.63) is 0 Å². The molecular formula is C6H13NP+. The number of nitrogens with one attached hydrogen (secondary N) is 1. The summed E-state index contributed by atoms with van der Waals surface area (Å²) in [5.74, 6) is 0. The second-order valence-corrected chi connectivity index (χ2v) is 4.56. The van der Waals surface area contributed by atoms with Crippen molar-refractivity contribution >= 4 is 18.6 Å². The van der Waals surface area contributed by atoms with Gasteiger partial charge in [0.25, 0.3) is 0 Å². The van der Waals surface area contributed by atoms with E-state index in [2.05, 4.69) is 13.3 Å². The molecule has 0 radical (unpaired) electrons. The quantitative estimate of drug-likeness (QED) is 0.414. The zero-order valence-electron chi connectivity index (χ0n) is 5.95. The molecule has 0 amide bonds. The van der Waals surface area contributed by atoms with Crippen LogP contribution in [0.4, 0.5) is 0 Å². The van der Waals surface area contributed by atoms with Crippen LogP contribution in [-0.2, 0) is 0 Å². The van der Waals surface area contributed by atoms with Gasteiger partial charge < -0.3 is 5.41 Å². The van der Waals surface area contributed by atoms with Crippen molar-refractivity contribution in [1.29, 1.82) is 5.41 Å². The van der Waals surface area contributed by atoms with E-state index in [0.717, 1.165) is 5.71 Å². The van der Waals surface area contributed by atoms with E-state index in [1.54, 1.807) is 0 Å². The van der Waals surface area contributed by atoms with Gasteiger partial charge in [-0.15, -0.1) is 0 Å². The molecule has 8 heavy (non-hydrogen) atoms. The molecule has 1 nitrogen and oxygen atoms in total. The van der Waals surface area contributed by atoms with Gasteiger partial charge in [-0.1, -0.05) is 0 Å². The Morgan fingerprint density at radius 1 is 1.25 bits per heavy atom. The largest absolute Gasteiger partial charge is 0.301 e. The summed E-state index contributed by atoms with van der Waals surface area (Å²) in [4.78, 5) is 0. The highest BCUT2D eigenvalue weighted by Gasteiger charge is 2.02. The van der Waals surface area contributed by atoms with Crippen LogP contribution in [0.1, 0.15) is 13.8 Å². The Kier molecular flexibility index (Phi) is 2.93. The molecule has 0 fully saturated rings. The summed E-state index contributed by atoms with van der Waals surface area (Å²) in [5.41, 5.74) is 0.737. The molecule has 0 unspecified atom stereocenters. The molecule has 0 aromatic heterocycles. The highest BCUT2D eigenvalue weighted by atomic mass is 31.1. The van der Waals surface area contributed by atoms with E-state index in [1.165, 1.54) is 5.29 Å². The van der Waals surface area contributed by atoms with Gasteiger partial charge in [-0.3, -0.25) is 0 Å². The van der Waals surface area contributed by atoms with Gasteiger partial charge in [-0.2, -0.15) is 0 Å². The molecular weight excluding hydrogens is 117 g/mol. The lowest BCUT2D eigenvalue weighted by atomic mass is 10.3. The fraction of sp³-hybridized carbons (Fsp3) is 0.667. The summed E-state index contributed by atoms with van der Waals surface area (Å²) in [7, 11) is -0.00900. The molecule has 0 bridgehead atoms. The zero-order chi connectivity index (χ0) is 6.73. The Hall–Kier alpha value is -0.160. The maximum atomic E-state index is 7.21. The minimum Gasteiger partial charge on any atom is -0.301 e. The predicted octanol–water partition coefficient (Wildman–Crippen LogP) is 1.96. The molecule has 46 valence electrons. The van der Waals surface area contributed by atoms with E-state index < -0.39 is 0 Å². The number of hydrogen-bond donors (Lipinski definition) is 1. The first-order valence-corrected chi connectivity index (χ1v) is 4.85. The van der Waals surface area contributed by atoms with E-state index in [4.69, 9.17) is 5.41 Å². The number of rotatable bonds is 1. The molecule has 0 aliphatic heterocycles. The lowest BCUT2D eigenvalue weighted by Gasteiger charge is -1.86. The summed E-state index contributed by atoms with van der Waals surface area (Å²) < 4.78 is 0. The van der Waals surface area contributed by atoms with Gasteiger partial charge in [0.15, 0.2) is 0 Å². The van der Waals surface area contributed by atoms with Gasteiger partial charge >= 0.3 is 0 Å². The standard InChI is InChI=1S/C6H13NP/c1-5(7)6(2)8(3)4/h7H,1-4H3/q+1. The Morgan fingerprint density at radius 2 is 1.62 bits per heavy atom. The van der Waals surface area contributed by atoms with Crippen LogP contribution in [0.3, 0.4) is 0 Å². The minimum atomic E-state index is -0.00900. The maximum absolute atomic E-state index is 7.21. The zero-order valence-corrected chi connectivity index (χ0v) is 6.84. The monoisotopic (exact) mass is 130 g/mol. The predicted molar refractivity (Wildman–Crippen MR) is 42.8 cm³/mol. The Balaban J connectivity index is 4.23. The van der Waals surface area contributed by atoms with Crippen molar-refractivity contribution in [1.82, 2.24) is 0 Å². The van der Waals surface area contributed by atoms with Crippen molar-refractivity contribution in [2.24, 2.45) is 0 Å². The fourth-order valence-corrected chi connectivity index (χ4v) is 1.01. The Bertz CT molecular complexity index is 131. The van der Waals surface area contributed by atoms with Crippen LogP contribution >= 0.6 is 7.55 Å². The summed E-state index contributed by atoms with van der Waals surface area (Å²) >= 11 is 0. The summed E-state index contributed by atoms with van der Waals surface area (Å²) in [6, 6.07) is 0. The lowest BCUT2D eigenvalue weighted by molar-refractivity contribution is 1.51. The molecule has 0 saturated carbocycles. The van der Waals surface area contributed by atoms with Crippen molar-refractivity contribution < 1.29 is 0 Å². The van der Waals surface area contributed by atoms with E-state index >= 15 is 0 Å². The summed E-state index contributed by atoms with van der Waals surface area (Å²) in [5, 5.41) is 8.46. The van der Waals surface area contributed by atoms with Gasteiger partial charge in [0.2, 0.25) is 0 Å². The number of hydrogen-bond acceptors (Lipinski definition) is 1. The van der Waals surface area contributed by atoms with Crippen LogP contribution in [0.25, 0.3) is 0 Å².